The summed E-state index contributed by atoms with van der Waals surface area (Å²) >= 11 is 0. The van der Waals surface area contributed by atoms with Crippen molar-refractivity contribution in [3.63, 3.8) is 0 Å². The third-order valence-electron chi connectivity index (χ3n) is 5.77. The second kappa shape index (κ2) is 8.54. The highest BCUT2D eigenvalue weighted by molar-refractivity contribution is 7.90. The van der Waals surface area contributed by atoms with Gasteiger partial charge in [0.1, 0.15) is 0 Å². The first-order chi connectivity index (χ1) is 16.3. The van der Waals surface area contributed by atoms with Gasteiger partial charge in [-0.15, -0.1) is 0 Å². The monoisotopic (exact) mass is 482 g/mol. The molecule has 2 N–H and O–H groups in total. The van der Waals surface area contributed by atoms with Gasteiger partial charge in [0, 0.05) is 44.2 Å². The zero-order valence-electron chi connectivity index (χ0n) is 18.3. The molecule has 176 valence electrons. The Labute approximate surface area is 195 Å². The van der Waals surface area contributed by atoms with Crippen LogP contribution in [-0.2, 0) is 16.4 Å². The number of aromatic nitrogens is 2. The second-order valence-electron chi connectivity index (χ2n) is 8.07. The molecular formula is C22H22N6O5S. The predicted octanol–water partition coefficient (Wildman–Crippen LogP) is 1.30. The molecule has 1 fully saturated rings. The largest absolute Gasteiger partial charge is 0.416 e. The quantitative estimate of drug-likeness (QED) is 0.551. The maximum atomic E-state index is 12.9. The van der Waals surface area contributed by atoms with Crippen molar-refractivity contribution in [3.05, 3.63) is 59.9 Å². The van der Waals surface area contributed by atoms with Crippen molar-refractivity contribution in [1.82, 2.24) is 15.3 Å². The highest BCUT2D eigenvalue weighted by Crippen LogP contribution is 2.31. The van der Waals surface area contributed by atoms with Crippen molar-refractivity contribution in [2.45, 2.75) is 11.4 Å². The van der Waals surface area contributed by atoms with Crippen molar-refractivity contribution < 1.29 is 22.4 Å². The summed E-state index contributed by atoms with van der Waals surface area (Å²) in [6, 6.07) is 6.27. The fraction of sp³-hybridized carbons (Fsp3) is 0.273. The standard InChI is InChI=1S/C22H22N6O5S/c1-34(31,32)15-3-2-14-13-28(22(30)16(14)10-15)19-12-25-21(33-19)20(29)26-17-11-24-5-4-18(17)27-8-6-23-7-9-27/h2-5,10-12,23H,6-9,13H2,1H3,(H,26,29). The lowest BCUT2D eigenvalue weighted by Crippen LogP contribution is -2.43. The van der Waals surface area contributed by atoms with E-state index in [2.05, 4.69) is 25.5 Å². The third-order valence-corrected chi connectivity index (χ3v) is 6.88. The van der Waals surface area contributed by atoms with Crippen LogP contribution in [0.25, 0.3) is 0 Å². The Balaban J connectivity index is 1.34. The molecule has 0 atom stereocenters. The lowest BCUT2D eigenvalue weighted by atomic mass is 10.1. The summed E-state index contributed by atoms with van der Waals surface area (Å²) in [4.78, 5) is 37.4. The molecule has 3 aromatic rings. The van der Waals surface area contributed by atoms with Gasteiger partial charge in [0.25, 0.3) is 11.8 Å². The van der Waals surface area contributed by atoms with E-state index in [-0.39, 0.29) is 28.8 Å². The summed E-state index contributed by atoms with van der Waals surface area (Å²) in [6.45, 7) is 3.47. The number of hydrogen-bond acceptors (Lipinski definition) is 9. The van der Waals surface area contributed by atoms with Crippen LogP contribution in [0.5, 0.6) is 0 Å². The van der Waals surface area contributed by atoms with E-state index in [0.29, 0.717) is 11.3 Å². The summed E-state index contributed by atoms with van der Waals surface area (Å²) in [6.07, 6.45) is 5.63. The number of hydrogen-bond donors (Lipinski definition) is 2. The number of oxazole rings is 1. The molecule has 12 heteroatoms. The molecule has 2 aliphatic heterocycles. The molecule has 2 aliphatic rings. The van der Waals surface area contributed by atoms with Crippen LogP contribution in [0.4, 0.5) is 17.3 Å². The first-order valence-electron chi connectivity index (χ1n) is 10.6. The zero-order valence-corrected chi connectivity index (χ0v) is 19.1. The zero-order chi connectivity index (χ0) is 23.9. The van der Waals surface area contributed by atoms with E-state index in [0.717, 1.165) is 38.1 Å². The number of pyridine rings is 1. The van der Waals surface area contributed by atoms with Crippen molar-refractivity contribution in [2.75, 3.05) is 47.6 Å². The summed E-state index contributed by atoms with van der Waals surface area (Å²) < 4.78 is 29.3. The van der Waals surface area contributed by atoms with E-state index in [4.69, 9.17) is 4.42 Å². The molecule has 0 bridgehead atoms. The molecule has 0 unspecified atom stereocenters. The number of sulfone groups is 1. The molecule has 1 saturated heterocycles. The van der Waals surface area contributed by atoms with E-state index in [1.807, 2.05) is 6.07 Å². The molecule has 4 heterocycles. The van der Waals surface area contributed by atoms with E-state index in [1.165, 1.54) is 23.2 Å². The topological polar surface area (TPSA) is 138 Å². The van der Waals surface area contributed by atoms with Gasteiger partial charge in [-0.3, -0.25) is 19.5 Å². The number of rotatable bonds is 5. The maximum Gasteiger partial charge on any atom is 0.311 e. The number of anilines is 3. The Morgan fingerprint density at radius 3 is 2.74 bits per heavy atom. The Bertz CT molecular complexity index is 1380. The van der Waals surface area contributed by atoms with Gasteiger partial charge in [0.2, 0.25) is 5.88 Å². The third kappa shape index (κ3) is 4.13. The van der Waals surface area contributed by atoms with Crippen LogP contribution in [0.3, 0.4) is 0 Å². The van der Waals surface area contributed by atoms with Crippen molar-refractivity contribution in [3.8, 4) is 0 Å². The highest BCUT2D eigenvalue weighted by Gasteiger charge is 2.32. The molecule has 2 aromatic heterocycles. The minimum Gasteiger partial charge on any atom is -0.416 e. The Kier molecular flexibility index (Phi) is 5.54. The van der Waals surface area contributed by atoms with Gasteiger partial charge in [-0.1, -0.05) is 6.07 Å². The number of benzene rings is 1. The number of piperazine rings is 1. The Morgan fingerprint density at radius 2 is 1.97 bits per heavy atom. The summed E-state index contributed by atoms with van der Waals surface area (Å²) in [7, 11) is -3.45. The highest BCUT2D eigenvalue weighted by atomic mass is 32.2. The average Bonchev–Trinajstić information content (AvgIpc) is 3.44. The SMILES string of the molecule is CS(=O)(=O)c1ccc2c(c1)C(=O)N(c1cnc(C(=O)Nc3cnccc3N3CCNCC3)o1)C2. The van der Waals surface area contributed by atoms with Gasteiger partial charge >= 0.3 is 5.91 Å². The van der Waals surface area contributed by atoms with Crippen molar-refractivity contribution in [1.29, 1.82) is 0 Å². The van der Waals surface area contributed by atoms with Crippen molar-refractivity contribution in [2.24, 2.45) is 0 Å². The molecule has 0 spiro atoms. The van der Waals surface area contributed by atoms with Gasteiger partial charge < -0.3 is 20.0 Å². The van der Waals surface area contributed by atoms with Crippen LogP contribution in [0, 0.1) is 0 Å². The summed E-state index contributed by atoms with van der Waals surface area (Å²) in [5, 5.41) is 6.08. The van der Waals surface area contributed by atoms with E-state index >= 15 is 0 Å². The number of carbonyl (C=O) groups is 2. The summed E-state index contributed by atoms with van der Waals surface area (Å²) in [5.41, 5.74) is 2.33. The molecule has 0 aliphatic carbocycles. The molecular weight excluding hydrogens is 460 g/mol. The second-order valence-corrected chi connectivity index (χ2v) is 10.1. The fourth-order valence-electron chi connectivity index (χ4n) is 4.02. The van der Waals surface area contributed by atoms with Gasteiger partial charge in [-0.25, -0.2) is 13.4 Å². The van der Waals surface area contributed by atoms with Crippen LogP contribution in [0.15, 0.2) is 52.2 Å². The van der Waals surface area contributed by atoms with Gasteiger partial charge in [0.15, 0.2) is 9.84 Å². The van der Waals surface area contributed by atoms with Crippen LogP contribution < -0.4 is 20.4 Å². The first-order valence-corrected chi connectivity index (χ1v) is 12.5. The van der Waals surface area contributed by atoms with E-state index in [1.54, 1.807) is 18.5 Å². The normalized spacial score (nSPS) is 16.0. The van der Waals surface area contributed by atoms with Gasteiger partial charge in [-0.05, 0) is 23.8 Å². The number of carbonyl (C=O) groups excluding carboxylic acids is 2. The molecule has 34 heavy (non-hydrogen) atoms. The lowest BCUT2D eigenvalue weighted by molar-refractivity contribution is 0.0972. The molecule has 11 nitrogen and oxygen atoms in total. The number of nitrogens with one attached hydrogen (secondary N) is 2. The Hall–Kier alpha value is -3.77. The van der Waals surface area contributed by atoms with Crippen LogP contribution in [0.2, 0.25) is 0 Å². The van der Waals surface area contributed by atoms with E-state index in [9.17, 15) is 18.0 Å². The number of fused-ring (bicyclic) bond motifs is 1. The molecule has 5 rings (SSSR count). The van der Waals surface area contributed by atoms with Crippen LogP contribution in [0.1, 0.15) is 26.6 Å². The van der Waals surface area contributed by atoms with Gasteiger partial charge in [-0.2, -0.15) is 0 Å². The number of amides is 2. The first kappa shape index (κ1) is 22.0. The van der Waals surface area contributed by atoms with Crippen LogP contribution >= 0.6 is 0 Å². The van der Waals surface area contributed by atoms with Crippen molar-refractivity contribution >= 4 is 38.9 Å². The maximum absolute atomic E-state index is 12.9. The average molecular weight is 483 g/mol. The van der Waals surface area contributed by atoms with E-state index < -0.39 is 21.7 Å². The lowest BCUT2D eigenvalue weighted by Gasteiger charge is -2.30. The van der Waals surface area contributed by atoms with Crippen LogP contribution in [-0.4, -0.2) is 62.6 Å². The fourth-order valence-corrected chi connectivity index (χ4v) is 4.67. The Morgan fingerprint density at radius 1 is 1.18 bits per heavy atom. The predicted molar refractivity (Wildman–Crippen MR) is 124 cm³/mol. The minimum absolute atomic E-state index is 0.0656. The smallest absolute Gasteiger partial charge is 0.311 e. The number of nitrogens with zero attached hydrogens (tertiary/aromatic N) is 4. The van der Waals surface area contributed by atoms with Gasteiger partial charge in [0.05, 0.1) is 35.2 Å². The summed E-state index contributed by atoms with van der Waals surface area (Å²) in [5.74, 6) is -1.09. The molecule has 2 amide bonds. The molecule has 1 aromatic carbocycles. The molecule has 0 saturated carbocycles. The minimum atomic E-state index is -3.45. The molecule has 0 radical (unpaired) electrons.